The van der Waals surface area contributed by atoms with Crippen molar-refractivity contribution >= 4 is 0 Å². The van der Waals surface area contributed by atoms with Gasteiger partial charge in [0.1, 0.15) is 0 Å². The molecule has 0 aliphatic carbocycles. The fourth-order valence-electron chi connectivity index (χ4n) is 0.749. The van der Waals surface area contributed by atoms with Gasteiger partial charge in [0.2, 0.25) is 5.82 Å². The van der Waals surface area contributed by atoms with E-state index in [0.29, 0.717) is 6.07 Å². The van der Waals surface area contributed by atoms with Crippen LogP contribution in [0.2, 0.25) is 0 Å². The zero-order valence-electron chi connectivity index (χ0n) is 6.07. The number of methoxy groups -OCH3 is 1. The fourth-order valence-corrected chi connectivity index (χ4v) is 0.749. The molecule has 0 unspecified atom stereocenters. The predicted molar refractivity (Wildman–Crippen MR) is 34.5 cm³/mol. The lowest BCUT2D eigenvalue weighted by Crippen LogP contribution is -1.95. The molecule has 12 heavy (non-hydrogen) atoms. The van der Waals surface area contributed by atoms with E-state index < -0.39 is 29.0 Å². The number of ether oxygens (including phenoxy) is 1. The highest BCUT2D eigenvalue weighted by atomic mass is 19.1. The highest BCUT2D eigenvalue weighted by Crippen LogP contribution is 2.30. The topological polar surface area (TPSA) is 29.5 Å². The summed E-state index contributed by atoms with van der Waals surface area (Å²) in [6, 6.07) is 0.344. The van der Waals surface area contributed by atoms with E-state index in [1.54, 1.807) is 0 Å². The molecule has 0 fully saturated rings. The van der Waals surface area contributed by atoms with Crippen molar-refractivity contribution in [2.75, 3.05) is 7.11 Å². The Hall–Kier alpha value is -1.39. The molecule has 0 spiro atoms. The van der Waals surface area contributed by atoms with E-state index in [2.05, 4.69) is 4.74 Å². The Bertz CT molecular complexity index is 312. The van der Waals surface area contributed by atoms with E-state index >= 15 is 0 Å². The van der Waals surface area contributed by atoms with Gasteiger partial charge in [0.05, 0.1) is 7.11 Å². The standard InChI is InChI=1S/C7H5F3O2/c1-12-7-4(9)2-3(8)6(11)5(7)10/h2,11H,1H3. The number of phenols is 1. The number of benzene rings is 1. The van der Waals surface area contributed by atoms with Crippen molar-refractivity contribution in [3.05, 3.63) is 23.5 Å². The highest BCUT2D eigenvalue weighted by Gasteiger charge is 2.18. The smallest absolute Gasteiger partial charge is 0.212 e. The molecule has 1 rings (SSSR count). The maximum absolute atomic E-state index is 12.7. The van der Waals surface area contributed by atoms with Crippen molar-refractivity contribution in [1.82, 2.24) is 0 Å². The first kappa shape index (κ1) is 8.70. The molecule has 0 saturated heterocycles. The minimum Gasteiger partial charge on any atom is -0.503 e. The van der Waals surface area contributed by atoms with Crippen molar-refractivity contribution in [1.29, 1.82) is 0 Å². The Balaban J connectivity index is 3.40. The van der Waals surface area contributed by atoms with Gasteiger partial charge >= 0.3 is 0 Å². The van der Waals surface area contributed by atoms with Crippen LogP contribution in [-0.4, -0.2) is 12.2 Å². The summed E-state index contributed by atoms with van der Waals surface area (Å²) >= 11 is 0. The molecule has 2 nitrogen and oxygen atoms in total. The molecule has 0 aromatic heterocycles. The minimum absolute atomic E-state index is 0.344. The first-order chi connectivity index (χ1) is 5.57. The fraction of sp³-hybridized carbons (Fsp3) is 0.143. The molecule has 66 valence electrons. The Morgan fingerprint density at radius 1 is 1.25 bits per heavy atom. The van der Waals surface area contributed by atoms with E-state index in [-0.39, 0.29) is 0 Å². The first-order valence-electron chi connectivity index (χ1n) is 2.98. The molecule has 0 aliphatic heterocycles. The van der Waals surface area contributed by atoms with Crippen molar-refractivity contribution in [3.63, 3.8) is 0 Å². The lowest BCUT2D eigenvalue weighted by atomic mass is 10.3. The molecular weight excluding hydrogens is 173 g/mol. The molecular formula is C7H5F3O2. The number of rotatable bonds is 1. The summed E-state index contributed by atoms with van der Waals surface area (Å²) in [6.07, 6.45) is 0. The number of hydrogen-bond donors (Lipinski definition) is 1. The molecule has 0 amide bonds. The summed E-state index contributed by atoms with van der Waals surface area (Å²) in [5.74, 6) is -6.02. The second-order valence-electron chi connectivity index (χ2n) is 2.04. The third-order valence-electron chi connectivity index (χ3n) is 1.31. The van der Waals surface area contributed by atoms with Crippen LogP contribution in [0.15, 0.2) is 6.07 Å². The molecule has 0 heterocycles. The van der Waals surface area contributed by atoms with Crippen LogP contribution in [-0.2, 0) is 0 Å². The molecule has 0 bridgehead atoms. The van der Waals surface area contributed by atoms with Gasteiger partial charge in [-0.1, -0.05) is 0 Å². The number of phenolic OH excluding ortho intramolecular Hbond substituents is 1. The van der Waals surface area contributed by atoms with Gasteiger partial charge in [-0.25, -0.2) is 8.78 Å². The second-order valence-corrected chi connectivity index (χ2v) is 2.04. The molecule has 0 saturated carbocycles. The minimum atomic E-state index is -1.44. The van der Waals surface area contributed by atoms with Crippen molar-refractivity contribution < 1.29 is 23.0 Å². The van der Waals surface area contributed by atoms with Crippen LogP contribution in [0.1, 0.15) is 0 Å². The van der Waals surface area contributed by atoms with E-state index in [1.807, 2.05) is 0 Å². The van der Waals surface area contributed by atoms with Gasteiger partial charge in [0.25, 0.3) is 0 Å². The van der Waals surface area contributed by atoms with Crippen LogP contribution in [0.3, 0.4) is 0 Å². The predicted octanol–water partition coefficient (Wildman–Crippen LogP) is 1.82. The summed E-state index contributed by atoms with van der Waals surface area (Å²) in [4.78, 5) is 0. The van der Waals surface area contributed by atoms with Crippen LogP contribution in [0, 0.1) is 17.5 Å². The molecule has 1 aromatic rings. The highest BCUT2D eigenvalue weighted by molar-refractivity contribution is 5.37. The maximum atomic E-state index is 12.7. The monoisotopic (exact) mass is 178 g/mol. The van der Waals surface area contributed by atoms with E-state index in [9.17, 15) is 13.2 Å². The second kappa shape index (κ2) is 2.92. The lowest BCUT2D eigenvalue weighted by molar-refractivity contribution is 0.329. The number of halogens is 3. The zero-order chi connectivity index (χ0) is 9.30. The van der Waals surface area contributed by atoms with Gasteiger partial charge in [0, 0.05) is 6.07 Å². The van der Waals surface area contributed by atoms with Gasteiger partial charge < -0.3 is 9.84 Å². The molecule has 0 atom stereocenters. The van der Waals surface area contributed by atoms with Gasteiger partial charge in [-0.15, -0.1) is 0 Å². The molecule has 0 radical (unpaired) electrons. The summed E-state index contributed by atoms with van der Waals surface area (Å²) < 4.78 is 41.9. The summed E-state index contributed by atoms with van der Waals surface area (Å²) in [6.45, 7) is 0. The van der Waals surface area contributed by atoms with Crippen LogP contribution < -0.4 is 4.74 Å². The maximum Gasteiger partial charge on any atom is 0.212 e. The quantitative estimate of drug-likeness (QED) is 0.710. The van der Waals surface area contributed by atoms with Gasteiger partial charge in [-0.05, 0) is 0 Å². The van der Waals surface area contributed by atoms with Gasteiger partial charge in [-0.3, -0.25) is 0 Å². The zero-order valence-corrected chi connectivity index (χ0v) is 6.07. The van der Waals surface area contributed by atoms with E-state index in [4.69, 9.17) is 5.11 Å². The molecule has 1 aromatic carbocycles. The Morgan fingerprint density at radius 3 is 2.33 bits per heavy atom. The number of aromatic hydroxyl groups is 1. The van der Waals surface area contributed by atoms with Gasteiger partial charge in [-0.2, -0.15) is 4.39 Å². The largest absolute Gasteiger partial charge is 0.503 e. The van der Waals surface area contributed by atoms with Crippen molar-refractivity contribution in [2.24, 2.45) is 0 Å². The normalized spacial score (nSPS) is 10.0. The van der Waals surface area contributed by atoms with Crippen LogP contribution in [0.25, 0.3) is 0 Å². The third-order valence-corrected chi connectivity index (χ3v) is 1.31. The summed E-state index contributed by atoms with van der Waals surface area (Å²) in [5, 5.41) is 8.65. The lowest BCUT2D eigenvalue weighted by Gasteiger charge is -2.04. The Kier molecular flexibility index (Phi) is 2.12. The Morgan fingerprint density at radius 2 is 1.83 bits per heavy atom. The molecule has 1 N–H and O–H groups in total. The SMILES string of the molecule is COc1c(F)cc(F)c(O)c1F. The number of hydrogen-bond acceptors (Lipinski definition) is 2. The first-order valence-corrected chi connectivity index (χ1v) is 2.98. The Labute approximate surface area is 66.2 Å². The van der Waals surface area contributed by atoms with Crippen LogP contribution in [0.5, 0.6) is 11.5 Å². The van der Waals surface area contributed by atoms with Gasteiger partial charge in [0.15, 0.2) is 23.1 Å². The average molecular weight is 178 g/mol. The molecule has 5 heteroatoms. The molecule has 0 aliphatic rings. The van der Waals surface area contributed by atoms with E-state index in [1.165, 1.54) is 0 Å². The van der Waals surface area contributed by atoms with Crippen molar-refractivity contribution in [2.45, 2.75) is 0 Å². The average Bonchev–Trinajstić information content (AvgIpc) is 2.01. The summed E-state index contributed by atoms with van der Waals surface area (Å²) in [7, 11) is 1.01. The van der Waals surface area contributed by atoms with Crippen LogP contribution in [0.4, 0.5) is 13.2 Å². The summed E-state index contributed by atoms with van der Waals surface area (Å²) in [5.41, 5.74) is 0. The van der Waals surface area contributed by atoms with E-state index in [0.717, 1.165) is 7.11 Å². The third kappa shape index (κ3) is 1.17. The van der Waals surface area contributed by atoms with Crippen molar-refractivity contribution in [3.8, 4) is 11.5 Å². The van der Waals surface area contributed by atoms with Crippen LogP contribution >= 0.6 is 0 Å².